The number of nitrogens with zero attached hydrogens (tertiary/aromatic N) is 4. The smallest absolute Gasteiger partial charge is 0.153 e. The molecule has 0 fully saturated rings. The molecule has 8 atom stereocenters. The maximum Gasteiger partial charge on any atom is 0.153 e. The molecule has 0 aliphatic carbocycles. The van der Waals surface area contributed by atoms with Gasteiger partial charge < -0.3 is 75.4 Å². The van der Waals surface area contributed by atoms with Crippen molar-refractivity contribution in [2.45, 2.75) is 70.6 Å². The summed E-state index contributed by atoms with van der Waals surface area (Å²) < 4.78 is 113. The molecule has 8 unspecified atom stereocenters. The van der Waals surface area contributed by atoms with Gasteiger partial charge in [0.15, 0.2) is 6.23 Å². The number of anilines is 2. The van der Waals surface area contributed by atoms with Crippen molar-refractivity contribution in [1.82, 2.24) is 9.97 Å². The fourth-order valence-electron chi connectivity index (χ4n) is 6.54. The van der Waals surface area contributed by atoms with Gasteiger partial charge in [-0.1, -0.05) is 6.07 Å². The monoisotopic (exact) mass is 1040 g/mol. The lowest BCUT2D eigenvalue weighted by atomic mass is 10.0. The molecule has 0 saturated carbocycles. The van der Waals surface area contributed by atoms with Crippen LogP contribution in [0, 0.1) is 6.92 Å². The molecule has 6 rings (SSSR count). The summed E-state index contributed by atoms with van der Waals surface area (Å²) >= 11 is 2.42. The van der Waals surface area contributed by atoms with Gasteiger partial charge in [-0.3, -0.25) is 0 Å². The van der Waals surface area contributed by atoms with E-state index in [1.165, 1.54) is 59.9 Å². The molecule has 6 aromatic rings. The van der Waals surface area contributed by atoms with E-state index < -0.39 is 131 Å². The van der Waals surface area contributed by atoms with E-state index in [9.17, 15) is 84.9 Å². The normalized spacial score (nSPS) is 16.4. The number of thiazole rings is 2. The second-order valence-corrected chi connectivity index (χ2v) is 20.9. The predicted molar refractivity (Wildman–Crippen MR) is 237 cm³/mol. The van der Waals surface area contributed by atoms with Crippen LogP contribution in [0.5, 0.6) is 0 Å². The SMILES string of the molecule is Cc1ccc2sc(-c3ccc4nc(-c5ccc(N=Nc6c(NCC(O)C(O)C(O)C(O)CO)c(S(=O)(=O)[O-])cc(S(=O)(=O)[O-])c6NC(O)C(O)C(O)C(O)CO)cc5)sc4c3)nc2c1S(=O)(=O)[O-]. The van der Waals surface area contributed by atoms with Gasteiger partial charge >= 0.3 is 0 Å². The van der Waals surface area contributed by atoms with E-state index in [4.69, 9.17) is 5.11 Å². The Morgan fingerprint density at radius 1 is 0.618 bits per heavy atom. The minimum absolute atomic E-state index is 0.0204. The summed E-state index contributed by atoms with van der Waals surface area (Å²) in [5.74, 6) is 0. The summed E-state index contributed by atoms with van der Waals surface area (Å²) in [5.41, 5.74) is -1.51. The zero-order chi connectivity index (χ0) is 50.2. The minimum atomic E-state index is -5.91. The first-order chi connectivity index (χ1) is 31.7. The minimum Gasteiger partial charge on any atom is -0.744 e. The fourth-order valence-corrected chi connectivity index (χ4v) is 10.9. The van der Waals surface area contributed by atoms with Crippen molar-refractivity contribution >= 4 is 96.2 Å². The molecule has 2 aromatic heterocycles. The molecule has 68 heavy (non-hydrogen) atoms. The van der Waals surface area contributed by atoms with Crippen LogP contribution in [0.25, 0.3) is 41.6 Å². The zero-order valence-corrected chi connectivity index (χ0v) is 38.6. The van der Waals surface area contributed by atoms with Crippen molar-refractivity contribution in [2.24, 2.45) is 10.2 Å². The molecule has 0 amide bonds. The molecule has 0 bridgehead atoms. The Hall–Kier alpha value is -4.81. The first kappa shape index (κ1) is 52.6. The Morgan fingerprint density at radius 2 is 1.16 bits per heavy atom. The largest absolute Gasteiger partial charge is 0.744 e. The summed E-state index contributed by atoms with van der Waals surface area (Å²) in [7, 11) is -16.6. The van der Waals surface area contributed by atoms with Crippen LogP contribution in [0.3, 0.4) is 0 Å². The zero-order valence-electron chi connectivity index (χ0n) is 34.5. The van der Waals surface area contributed by atoms with Crippen LogP contribution >= 0.6 is 22.7 Å². The van der Waals surface area contributed by atoms with Gasteiger partial charge in [0.2, 0.25) is 0 Å². The van der Waals surface area contributed by atoms with Gasteiger partial charge in [-0.15, -0.1) is 27.8 Å². The van der Waals surface area contributed by atoms with E-state index in [1.54, 1.807) is 24.3 Å². The lowest BCUT2D eigenvalue weighted by Crippen LogP contribution is -2.48. The number of aliphatic hydroxyl groups is 10. The van der Waals surface area contributed by atoms with Crippen molar-refractivity contribution in [1.29, 1.82) is 0 Å². The third kappa shape index (κ3) is 11.4. The van der Waals surface area contributed by atoms with E-state index >= 15 is 0 Å². The van der Waals surface area contributed by atoms with Gasteiger partial charge in [0.05, 0.1) is 71.5 Å². The molecule has 25 nitrogen and oxygen atoms in total. The summed E-state index contributed by atoms with van der Waals surface area (Å²) in [6, 6.07) is 14.0. The third-order valence-corrected chi connectivity index (χ3v) is 15.0. The summed E-state index contributed by atoms with van der Waals surface area (Å²) in [4.78, 5) is 5.55. The van der Waals surface area contributed by atoms with Crippen molar-refractivity contribution in [3.05, 3.63) is 66.2 Å². The molecule has 368 valence electrons. The molecule has 2 heterocycles. The Labute approximate surface area is 392 Å². The number of aliphatic hydroxyl groups excluding tert-OH is 10. The number of hydrogen-bond donors (Lipinski definition) is 12. The van der Waals surface area contributed by atoms with Gasteiger partial charge in [0.1, 0.15) is 82.7 Å². The topological polar surface area (TPSA) is 448 Å². The van der Waals surface area contributed by atoms with E-state index in [2.05, 4.69) is 25.5 Å². The number of fused-ring (bicyclic) bond motifs is 2. The number of aryl methyl sites for hydroxylation is 1. The van der Waals surface area contributed by atoms with Crippen LogP contribution in [0.4, 0.5) is 22.7 Å². The summed E-state index contributed by atoms with van der Waals surface area (Å²) in [6.07, 6.45) is -18.2. The first-order valence-electron chi connectivity index (χ1n) is 19.3. The molecular formula is C38H39N6O19S5-3. The molecule has 0 spiro atoms. The number of rotatable bonds is 20. The van der Waals surface area contributed by atoms with Crippen LogP contribution in [0.2, 0.25) is 0 Å². The van der Waals surface area contributed by atoms with Crippen molar-refractivity contribution in [2.75, 3.05) is 30.4 Å². The quantitative estimate of drug-likeness (QED) is 0.0256. The molecule has 0 aliphatic rings. The van der Waals surface area contributed by atoms with Gasteiger partial charge in [0, 0.05) is 17.7 Å². The van der Waals surface area contributed by atoms with Crippen LogP contribution in [-0.4, -0.2) is 169 Å². The molecule has 30 heteroatoms. The Bertz CT molecular complexity index is 3190. The first-order valence-corrected chi connectivity index (χ1v) is 25.2. The van der Waals surface area contributed by atoms with Crippen molar-refractivity contribution in [3.63, 3.8) is 0 Å². The van der Waals surface area contributed by atoms with Gasteiger partial charge in [0.25, 0.3) is 0 Å². The molecule has 12 N–H and O–H groups in total. The van der Waals surface area contributed by atoms with Crippen molar-refractivity contribution in [3.8, 4) is 21.1 Å². The lowest BCUT2D eigenvalue weighted by molar-refractivity contribution is -0.111. The highest BCUT2D eigenvalue weighted by atomic mass is 32.2. The molecular weight excluding hydrogens is 1000 g/mol. The highest BCUT2D eigenvalue weighted by Crippen LogP contribution is 2.45. The van der Waals surface area contributed by atoms with E-state index in [0.717, 1.165) is 0 Å². The van der Waals surface area contributed by atoms with Crippen LogP contribution in [0.15, 0.2) is 85.6 Å². The van der Waals surface area contributed by atoms with Crippen LogP contribution in [-0.2, 0) is 30.4 Å². The average Bonchev–Trinajstić information content (AvgIpc) is 3.92. The highest BCUT2D eigenvalue weighted by molar-refractivity contribution is 7.87. The van der Waals surface area contributed by atoms with E-state index in [0.29, 0.717) is 36.1 Å². The predicted octanol–water partition coefficient (Wildman–Crippen LogP) is -0.671. The second kappa shape index (κ2) is 20.6. The molecule has 4 aromatic carbocycles. The molecule has 0 aliphatic heterocycles. The van der Waals surface area contributed by atoms with Gasteiger partial charge in [-0.25, -0.2) is 35.2 Å². The maximum atomic E-state index is 12.6. The number of hydrogen-bond acceptors (Lipinski definition) is 27. The number of azo groups is 1. The van der Waals surface area contributed by atoms with Gasteiger partial charge in [-0.05, 0) is 67.1 Å². The van der Waals surface area contributed by atoms with E-state index in [1.807, 2.05) is 5.32 Å². The summed E-state index contributed by atoms with van der Waals surface area (Å²) in [5, 5.41) is 113. The summed E-state index contributed by atoms with van der Waals surface area (Å²) in [6.45, 7) is -1.81. The molecule has 0 radical (unpaired) electrons. The average molecular weight is 1040 g/mol. The second-order valence-electron chi connectivity index (χ2n) is 14.9. The number of aromatic nitrogens is 2. The maximum absolute atomic E-state index is 12.6. The van der Waals surface area contributed by atoms with Gasteiger partial charge in [-0.2, -0.15) is 5.11 Å². The Balaban J connectivity index is 1.40. The lowest BCUT2D eigenvalue weighted by Gasteiger charge is -2.30. The van der Waals surface area contributed by atoms with E-state index in [-0.39, 0.29) is 22.8 Å². The highest BCUT2D eigenvalue weighted by Gasteiger charge is 2.34. The Kier molecular flexibility index (Phi) is 16.0. The number of nitrogens with one attached hydrogen (secondary N) is 2. The van der Waals surface area contributed by atoms with Crippen molar-refractivity contribution < 1.29 is 90.0 Å². The molecule has 0 saturated heterocycles. The number of benzene rings is 4. The van der Waals surface area contributed by atoms with Crippen LogP contribution < -0.4 is 10.6 Å². The fraction of sp³-hybridized carbons (Fsp3) is 0.316. The third-order valence-electron chi connectivity index (χ3n) is 10.1. The van der Waals surface area contributed by atoms with Crippen LogP contribution in [0.1, 0.15) is 5.56 Å². The standard InChI is InChI=1S/C38H42N6O19S5/c1-15-2-9-23-27(35(15)68(61,62)63)42-38(64-23)17-5-8-19-24(10-17)65-37(40-19)16-3-6-18(7-4-16)43-44-30-28(39-12-20(47)31(50)32(51)21(48)13-45)25(66(55,56)57)11-26(67(58,59)60)29(30)41-36(54)34(53)33(52)22(49)14-46/h2-11,20-22,31-34,36,39,41,45-54H,12-14H2,1H3,(H,55,56,57)(H,58,59,60)(H,61,62,63)/p-3. The Morgan fingerprint density at radius 3 is 1.75 bits per heavy atom.